The molecule has 87 heavy (non-hydrogen) atoms. The maximum Gasteiger partial charge on any atom is 0.373 e. The van der Waals surface area contributed by atoms with Crippen molar-refractivity contribution in [3.05, 3.63) is 103 Å². The third-order valence-electron chi connectivity index (χ3n) is 16.6. The second-order valence-electron chi connectivity index (χ2n) is 21.6. The van der Waals surface area contributed by atoms with E-state index < -0.39 is 11.8 Å². The predicted octanol–water partition coefficient (Wildman–Crippen LogP) is 8.02. The van der Waals surface area contributed by atoms with Crippen LogP contribution < -0.4 is 27.4 Å². The standard InChI is InChI=1S/2C20H21N7O2.C19H23N7.CO2/c21-6-5-17(13-3-1-2-4-13)26-11-15(8-24-26)19-16(23-12-28)9-25-27-10-14(20(22)29)7-18(19)27;21-8-7-16(13-3-1-2-4-13)26-11-14(9-24-26)19-15(23-12-28)10-25-27-17(19)5-6-18(27)20(22)29;1-13-7-8-17-18(23-19(21-2)24-26(13)17)15-11-22-25(12-15)16(9-10-20)14-5-3-4-6-14;2-1-3/h7-13,17H,1-5H2,(H2,22,29)(H,23,28);5-6,9-13,16H,1-4,7H2,(H2,22,29)(H,23,28);7-8,11-12,14,16H,3-6,9H2,1-2H3,(H,21,24);. The van der Waals surface area contributed by atoms with Crippen molar-refractivity contribution in [2.75, 3.05) is 23.0 Å². The van der Waals surface area contributed by atoms with Crippen LogP contribution in [0.25, 0.3) is 50.1 Å². The molecule has 3 saturated carbocycles. The Bertz CT molecular complexity index is 3990. The van der Waals surface area contributed by atoms with Gasteiger partial charge in [0.15, 0.2) is 0 Å². The topological polar surface area (TPSA) is 380 Å². The third-order valence-corrected chi connectivity index (χ3v) is 16.6. The van der Waals surface area contributed by atoms with Crippen molar-refractivity contribution in [3.8, 4) is 51.7 Å². The molecule has 9 heterocycles. The average molecular weight is 1180 g/mol. The van der Waals surface area contributed by atoms with Crippen LogP contribution in [0.3, 0.4) is 0 Å². The normalized spacial score (nSPS) is 15.1. The molecule has 446 valence electrons. The monoisotopic (exact) mass is 1180 g/mol. The van der Waals surface area contributed by atoms with Crippen LogP contribution in [0.15, 0.2) is 86.1 Å². The molecule has 0 spiro atoms. The van der Waals surface area contributed by atoms with Gasteiger partial charge < -0.3 is 27.4 Å². The molecular formula is C60H65N21O6. The van der Waals surface area contributed by atoms with Crippen LogP contribution in [0.1, 0.15) is 141 Å². The summed E-state index contributed by atoms with van der Waals surface area (Å²) in [5.74, 6) is 0.826. The van der Waals surface area contributed by atoms with E-state index in [1.54, 1.807) is 41.3 Å². The zero-order valence-electron chi connectivity index (χ0n) is 48.1. The number of nitrogens with zero attached hydrogens (tertiary/aromatic N) is 16. The molecule has 12 rings (SSSR count). The van der Waals surface area contributed by atoms with Crippen molar-refractivity contribution in [3.63, 3.8) is 0 Å². The van der Waals surface area contributed by atoms with E-state index in [-0.39, 0.29) is 30.0 Å². The molecular weight excluding hydrogens is 1110 g/mol. The van der Waals surface area contributed by atoms with Crippen LogP contribution in [0.4, 0.5) is 17.3 Å². The molecule has 7 N–H and O–H groups in total. The van der Waals surface area contributed by atoms with Crippen molar-refractivity contribution in [2.24, 2.45) is 29.2 Å². The lowest BCUT2D eigenvalue weighted by atomic mass is 9.96. The van der Waals surface area contributed by atoms with Gasteiger partial charge in [0.05, 0.1) is 120 Å². The number of nitrogens with one attached hydrogen (secondary N) is 3. The molecule has 9 aromatic rings. The van der Waals surface area contributed by atoms with Crippen molar-refractivity contribution < 1.29 is 28.8 Å². The van der Waals surface area contributed by atoms with E-state index in [2.05, 4.69) is 69.7 Å². The Morgan fingerprint density at radius 1 is 0.609 bits per heavy atom. The smallest absolute Gasteiger partial charge is 0.366 e. The molecule has 3 atom stereocenters. The number of nitrogens with two attached hydrogens (primary N) is 2. The molecule has 3 aliphatic rings. The zero-order chi connectivity index (χ0) is 61.6. The Morgan fingerprint density at radius 3 is 1.53 bits per heavy atom. The summed E-state index contributed by atoms with van der Waals surface area (Å²) in [7, 11) is 1.82. The fourth-order valence-electron chi connectivity index (χ4n) is 12.5. The SMILES string of the molecule is CNc1nc(-c2cnn(C(CC#N)C3CCCC3)c2)c2ccc(C)n2n1.N#CCC(C1CCCC1)n1cc(-c2c(NC=O)cnn3c(C(N)=O)ccc23)cn1.N#CCC(C1CCCC1)n1cc(-c2c(NC=O)cnn3cc(C(N)=O)cc23)cn1.O=C=O. The van der Waals surface area contributed by atoms with Gasteiger partial charge in [-0.1, -0.05) is 38.5 Å². The fourth-order valence-corrected chi connectivity index (χ4v) is 12.5. The first-order valence-corrected chi connectivity index (χ1v) is 28.7. The number of anilines is 3. The number of primary amides is 2. The van der Waals surface area contributed by atoms with E-state index in [0.29, 0.717) is 94.9 Å². The Hall–Kier alpha value is -10.8. The average Bonchev–Trinajstić information content (AvgIpc) is 1.84. The highest BCUT2D eigenvalue weighted by Gasteiger charge is 2.31. The van der Waals surface area contributed by atoms with Gasteiger partial charge in [-0.2, -0.15) is 50.9 Å². The molecule has 0 saturated heterocycles. The summed E-state index contributed by atoms with van der Waals surface area (Å²) in [5, 5.41) is 62.9. The Morgan fingerprint density at radius 2 is 1.07 bits per heavy atom. The van der Waals surface area contributed by atoms with Crippen molar-refractivity contribution in [1.82, 2.24) is 63.2 Å². The Kier molecular flexibility index (Phi) is 19.7. The second kappa shape index (κ2) is 28.2. The minimum Gasteiger partial charge on any atom is -0.366 e. The number of aromatic nitrogens is 13. The van der Waals surface area contributed by atoms with Gasteiger partial charge in [-0.3, -0.25) is 33.2 Å². The van der Waals surface area contributed by atoms with Crippen molar-refractivity contribution in [1.29, 1.82) is 15.8 Å². The van der Waals surface area contributed by atoms with E-state index in [1.807, 2.05) is 69.5 Å². The minimum atomic E-state index is -0.592. The largest absolute Gasteiger partial charge is 0.373 e. The van der Waals surface area contributed by atoms with Gasteiger partial charge in [0.25, 0.3) is 5.91 Å². The molecule has 0 aromatic carbocycles. The van der Waals surface area contributed by atoms with Gasteiger partial charge in [0.1, 0.15) is 11.4 Å². The van der Waals surface area contributed by atoms with Crippen molar-refractivity contribution >= 4 is 64.7 Å². The molecule has 27 nitrogen and oxygen atoms in total. The van der Waals surface area contributed by atoms with E-state index >= 15 is 0 Å². The lowest BCUT2D eigenvalue weighted by Gasteiger charge is -2.21. The summed E-state index contributed by atoms with van der Waals surface area (Å²) >= 11 is 0. The Balaban J connectivity index is 0.000000152. The second-order valence-corrected chi connectivity index (χ2v) is 21.6. The van der Waals surface area contributed by atoms with Gasteiger partial charge in [0.2, 0.25) is 24.7 Å². The van der Waals surface area contributed by atoms with E-state index in [4.69, 9.17) is 21.1 Å². The number of fused-ring (bicyclic) bond motifs is 3. The zero-order valence-corrected chi connectivity index (χ0v) is 48.1. The highest BCUT2D eigenvalue weighted by Crippen LogP contribution is 2.41. The number of carbonyl (C=O) groups excluding carboxylic acids is 6. The molecule has 0 radical (unpaired) electrons. The molecule has 9 aromatic heterocycles. The summed E-state index contributed by atoms with van der Waals surface area (Å²) < 4.78 is 10.6. The van der Waals surface area contributed by atoms with Gasteiger partial charge in [-0.05, 0) is 93.5 Å². The number of amides is 4. The summed E-state index contributed by atoms with van der Waals surface area (Å²) in [4.78, 5) is 66.4. The molecule has 4 amide bonds. The predicted molar refractivity (Wildman–Crippen MR) is 316 cm³/mol. The summed E-state index contributed by atoms with van der Waals surface area (Å²) in [6, 6.07) is 16.1. The first-order chi connectivity index (χ1) is 42.4. The molecule has 3 aliphatic carbocycles. The highest BCUT2D eigenvalue weighted by molar-refractivity contribution is 6.00. The summed E-state index contributed by atoms with van der Waals surface area (Å²) in [5.41, 5.74) is 20.4. The van der Waals surface area contributed by atoms with Gasteiger partial charge in [0, 0.05) is 65.3 Å². The highest BCUT2D eigenvalue weighted by atomic mass is 16.2. The Labute approximate surface area is 498 Å². The number of aryl methyl sites for hydroxylation is 1. The fraction of sp³-hybridized carbons (Fsp3) is 0.383. The lowest BCUT2D eigenvalue weighted by molar-refractivity contribution is -0.191. The van der Waals surface area contributed by atoms with Crippen LogP contribution in [-0.4, -0.2) is 101 Å². The quantitative estimate of drug-likeness (QED) is 0.0478. The van der Waals surface area contributed by atoms with Gasteiger partial charge >= 0.3 is 6.15 Å². The van der Waals surface area contributed by atoms with Crippen LogP contribution in [-0.2, 0) is 19.2 Å². The molecule has 3 fully saturated rings. The van der Waals surface area contributed by atoms with Crippen LogP contribution in [0.2, 0.25) is 0 Å². The van der Waals surface area contributed by atoms with E-state index in [1.165, 1.54) is 68.3 Å². The third kappa shape index (κ3) is 13.3. The number of hydrogen-bond acceptors (Lipinski definition) is 17. The number of nitriles is 3. The van der Waals surface area contributed by atoms with E-state index in [0.717, 1.165) is 59.3 Å². The van der Waals surface area contributed by atoms with Crippen LogP contribution in [0.5, 0.6) is 0 Å². The molecule has 0 bridgehead atoms. The minimum absolute atomic E-state index is 0.0181. The molecule has 27 heteroatoms. The maximum atomic E-state index is 11.7. The van der Waals surface area contributed by atoms with Crippen LogP contribution >= 0.6 is 0 Å². The lowest BCUT2D eigenvalue weighted by Crippen LogP contribution is -2.17. The van der Waals surface area contributed by atoms with Crippen LogP contribution in [0, 0.1) is 58.7 Å². The summed E-state index contributed by atoms with van der Waals surface area (Å²) in [6.07, 6.45) is 32.3. The van der Waals surface area contributed by atoms with E-state index in [9.17, 15) is 35.0 Å². The first-order valence-electron chi connectivity index (χ1n) is 28.7. The van der Waals surface area contributed by atoms with Gasteiger partial charge in [-0.25, -0.2) is 18.5 Å². The number of hydrogen-bond donors (Lipinski definition) is 5. The molecule has 3 unspecified atom stereocenters. The first kappa shape index (κ1) is 60.7. The molecule has 0 aliphatic heterocycles. The van der Waals surface area contributed by atoms with Crippen molar-refractivity contribution in [2.45, 2.75) is 121 Å². The summed E-state index contributed by atoms with van der Waals surface area (Å²) in [6.45, 7) is 2.02. The number of carbonyl (C=O) groups is 4. The number of rotatable bonds is 19. The maximum absolute atomic E-state index is 11.7. The van der Waals surface area contributed by atoms with Gasteiger partial charge in [-0.15, -0.1) is 5.10 Å².